The van der Waals surface area contributed by atoms with Crippen LogP contribution in [0.5, 0.6) is 0 Å². The molecule has 174 valence electrons. The number of hydrogen-bond acceptors (Lipinski definition) is 7. The monoisotopic (exact) mass is 488 g/mol. The number of rotatable bonds is 4. The Morgan fingerprint density at radius 2 is 0.971 bits per heavy atom. The molecule has 2 aliphatic rings. The van der Waals surface area contributed by atoms with E-state index in [0.717, 1.165) is 21.1 Å². The molecule has 10 nitrogen and oxygen atoms in total. The summed E-state index contributed by atoms with van der Waals surface area (Å²) in [6.07, 6.45) is 0. The first kappa shape index (κ1) is 22.2. The van der Waals surface area contributed by atoms with Crippen molar-refractivity contribution in [3.63, 3.8) is 0 Å². The summed E-state index contributed by atoms with van der Waals surface area (Å²) in [7, 11) is 2.78. The van der Waals surface area contributed by atoms with Gasteiger partial charge in [-0.05, 0) is 48.5 Å². The van der Waals surface area contributed by atoms with Crippen LogP contribution in [0.4, 0.5) is 11.4 Å². The Morgan fingerprint density at radius 1 is 0.600 bits per heavy atom. The lowest BCUT2D eigenvalue weighted by molar-refractivity contribution is 0.0678. The van der Waals surface area contributed by atoms with E-state index in [1.165, 1.54) is 62.6 Å². The van der Waals surface area contributed by atoms with Crippen molar-refractivity contribution in [3.05, 3.63) is 80.5 Å². The zero-order valence-electron chi connectivity index (χ0n) is 18.4. The fourth-order valence-corrected chi connectivity index (χ4v) is 4.64. The highest BCUT2D eigenvalue weighted by atomic mass is 32.1. The first-order valence-corrected chi connectivity index (χ1v) is 11.1. The van der Waals surface area contributed by atoms with Gasteiger partial charge in [-0.1, -0.05) is 0 Å². The minimum atomic E-state index is -0.483. The van der Waals surface area contributed by atoms with Gasteiger partial charge in [0.15, 0.2) is 0 Å². The van der Waals surface area contributed by atoms with E-state index in [0.29, 0.717) is 11.4 Å². The first-order valence-electron chi connectivity index (χ1n) is 10.3. The minimum absolute atomic E-state index is 0.210. The van der Waals surface area contributed by atoms with Crippen LogP contribution in [-0.2, 0) is 0 Å². The van der Waals surface area contributed by atoms with Crippen molar-refractivity contribution in [1.29, 1.82) is 0 Å². The molecule has 6 amide bonds. The van der Waals surface area contributed by atoms with Gasteiger partial charge in [-0.15, -0.1) is 11.3 Å². The number of hydrogen-bond donors (Lipinski definition) is 2. The molecule has 0 unspecified atom stereocenters. The summed E-state index contributed by atoms with van der Waals surface area (Å²) in [5, 5.41) is 5.33. The average molecular weight is 488 g/mol. The fourth-order valence-electron chi connectivity index (χ4n) is 3.85. The van der Waals surface area contributed by atoms with Gasteiger partial charge in [0.1, 0.15) is 0 Å². The van der Waals surface area contributed by atoms with Crippen molar-refractivity contribution in [3.8, 4) is 0 Å². The molecule has 2 aliphatic heterocycles. The number of carbonyl (C=O) groups excluding carboxylic acids is 6. The Labute approximate surface area is 202 Å². The Kier molecular flexibility index (Phi) is 5.06. The predicted molar refractivity (Wildman–Crippen MR) is 126 cm³/mol. The SMILES string of the molecule is CN1C(=O)c2ccc(NC(=O)c3ccc(C(=O)Nc4ccc5c(c4)C(=O)N(C)C5=O)s3)cc2C1=O. The minimum Gasteiger partial charge on any atom is -0.321 e. The van der Waals surface area contributed by atoms with Gasteiger partial charge in [-0.3, -0.25) is 38.6 Å². The van der Waals surface area contributed by atoms with Gasteiger partial charge >= 0.3 is 0 Å². The molecule has 35 heavy (non-hydrogen) atoms. The van der Waals surface area contributed by atoms with Gasteiger partial charge in [0, 0.05) is 25.5 Å². The molecule has 0 radical (unpaired) electrons. The van der Waals surface area contributed by atoms with Crippen LogP contribution in [0.2, 0.25) is 0 Å². The first-order chi connectivity index (χ1) is 16.7. The molecule has 0 fully saturated rings. The highest BCUT2D eigenvalue weighted by molar-refractivity contribution is 7.16. The molecular formula is C24H16N4O6S. The molecule has 0 spiro atoms. The van der Waals surface area contributed by atoms with E-state index in [4.69, 9.17) is 0 Å². The fraction of sp³-hybridized carbons (Fsp3) is 0.0833. The van der Waals surface area contributed by atoms with Crippen LogP contribution in [0, 0.1) is 0 Å². The molecule has 3 aromatic rings. The van der Waals surface area contributed by atoms with Crippen molar-refractivity contribution >= 4 is 58.2 Å². The summed E-state index contributed by atoms with van der Waals surface area (Å²) in [5.41, 5.74) is 1.65. The van der Waals surface area contributed by atoms with Crippen LogP contribution in [0.15, 0.2) is 48.5 Å². The van der Waals surface area contributed by atoms with E-state index in [1.807, 2.05) is 0 Å². The molecule has 0 saturated carbocycles. The molecule has 11 heteroatoms. The smallest absolute Gasteiger partial charge is 0.265 e. The Morgan fingerprint density at radius 3 is 1.37 bits per heavy atom. The van der Waals surface area contributed by atoms with E-state index >= 15 is 0 Å². The number of thiophene rings is 1. The third kappa shape index (κ3) is 3.58. The number of fused-ring (bicyclic) bond motifs is 2. The number of anilines is 2. The third-order valence-corrected chi connectivity index (χ3v) is 6.83. The van der Waals surface area contributed by atoms with Gasteiger partial charge in [-0.25, -0.2) is 0 Å². The molecular weight excluding hydrogens is 472 g/mol. The maximum Gasteiger partial charge on any atom is 0.265 e. The van der Waals surface area contributed by atoms with Crippen LogP contribution in [0.3, 0.4) is 0 Å². The molecule has 2 aromatic carbocycles. The van der Waals surface area contributed by atoms with Crippen LogP contribution < -0.4 is 10.6 Å². The van der Waals surface area contributed by atoms with E-state index in [1.54, 1.807) is 0 Å². The maximum absolute atomic E-state index is 12.7. The standard InChI is InChI=1S/C24H16N4O6S/c1-27-21(31)13-5-3-11(9-15(13)23(27)33)25-19(29)17-7-8-18(35-17)20(30)26-12-4-6-14-16(10-12)24(34)28(2)22(14)32/h3-10H,1-2H3,(H,25,29)(H,26,30). The second-order valence-corrected chi connectivity index (χ2v) is 9.02. The van der Waals surface area contributed by atoms with Crippen LogP contribution in [0.1, 0.15) is 60.8 Å². The number of benzene rings is 2. The van der Waals surface area contributed by atoms with Gasteiger partial charge in [0.05, 0.1) is 32.0 Å². The van der Waals surface area contributed by atoms with Crippen LogP contribution >= 0.6 is 11.3 Å². The Hall–Kier alpha value is -4.64. The van der Waals surface area contributed by atoms with E-state index in [-0.39, 0.29) is 32.0 Å². The van der Waals surface area contributed by atoms with Crippen LogP contribution in [-0.4, -0.2) is 59.3 Å². The third-order valence-electron chi connectivity index (χ3n) is 5.75. The maximum atomic E-state index is 12.7. The van der Waals surface area contributed by atoms with Crippen molar-refractivity contribution in [2.75, 3.05) is 24.7 Å². The quantitative estimate of drug-likeness (QED) is 0.543. The molecule has 0 aliphatic carbocycles. The number of nitrogens with zero attached hydrogens (tertiary/aromatic N) is 2. The molecule has 5 rings (SSSR count). The van der Waals surface area contributed by atoms with Crippen molar-refractivity contribution < 1.29 is 28.8 Å². The number of carbonyl (C=O) groups is 6. The predicted octanol–water partition coefficient (Wildman–Crippen LogP) is 2.70. The molecule has 1 aromatic heterocycles. The van der Waals surface area contributed by atoms with Gasteiger partial charge in [-0.2, -0.15) is 0 Å². The van der Waals surface area contributed by atoms with Gasteiger partial charge in [0.2, 0.25) is 0 Å². The summed E-state index contributed by atoms with van der Waals surface area (Å²) in [6, 6.07) is 11.9. The largest absolute Gasteiger partial charge is 0.321 e. The summed E-state index contributed by atoms with van der Waals surface area (Å²) in [4.78, 5) is 76.2. The van der Waals surface area contributed by atoms with Crippen molar-refractivity contribution in [1.82, 2.24) is 9.80 Å². The highest BCUT2D eigenvalue weighted by Gasteiger charge is 2.34. The van der Waals surface area contributed by atoms with E-state index < -0.39 is 35.4 Å². The number of amides is 6. The molecule has 0 bridgehead atoms. The second kappa shape index (κ2) is 7.99. The highest BCUT2D eigenvalue weighted by Crippen LogP contribution is 2.27. The van der Waals surface area contributed by atoms with E-state index in [9.17, 15) is 28.8 Å². The molecule has 0 saturated heterocycles. The Balaban J connectivity index is 1.28. The van der Waals surface area contributed by atoms with Crippen molar-refractivity contribution in [2.24, 2.45) is 0 Å². The summed E-state index contributed by atoms with van der Waals surface area (Å²) < 4.78 is 0. The van der Waals surface area contributed by atoms with Crippen LogP contribution in [0.25, 0.3) is 0 Å². The lowest BCUT2D eigenvalue weighted by atomic mass is 10.1. The van der Waals surface area contributed by atoms with E-state index in [2.05, 4.69) is 10.6 Å². The number of imide groups is 2. The van der Waals surface area contributed by atoms with Gasteiger partial charge in [0.25, 0.3) is 35.4 Å². The number of nitrogens with one attached hydrogen (secondary N) is 2. The molecule has 2 N–H and O–H groups in total. The van der Waals surface area contributed by atoms with Crippen molar-refractivity contribution in [2.45, 2.75) is 0 Å². The zero-order chi connectivity index (χ0) is 25.0. The Bertz CT molecular complexity index is 1400. The molecule has 0 atom stereocenters. The average Bonchev–Trinajstić information content (AvgIpc) is 3.49. The summed E-state index contributed by atoms with van der Waals surface area (Å²) >= 11 is 0.958. The normalized spacial score (nSPS) is 14.3. The lowest BCUT2D eigenvalue weighted by Crippen LogP contribution is -2.24. The van der Waals surface area contributed by atoms with Gasteiger partial charge < -0.3 is 10.6 Å². The summed E-state index contributed by atoms with van der Waals surface area (Å²) in [5.74, 6) is -2.65. The zero-order valence-corrected chi connectivity index (χ0v) is 19.2. The summed E-state index contributed by atoms with van der Waals surface area (Å²) in [6.45, 7) is 0. The topological polar surface area (TPSA) is 133 Å². The molecule has 3 heterocycles. The second-order valence-electron chi connectivity index (χ2n) is 7.93. The lowest BCUT2D eigenvalue weighted by Gasteiger charge is -2.06.